The van der Waals surface area contributed by atoms with Crippen LogP contribution >= 0.6 is 0 Å². The molecule has 1 aromatic heterocycles. The van der Waals surface area contributed by atoms with E-state index in [-0.39, 0.29) is 11.1 Å². The number of rotatable bonds is 2. The van der Waals surface area contributed by atoms with Gasteiger partial charge in [-0.05, 0) is 25.9 Å². The highest BCUT2D eigenvalue weighted by Crippen LogP contribution is 2.06. The summed E-state index contributed by atoms with van der Waals surface area (Å²) in [5.74, 6) is 0. The van der Waals surface area contributed by atoms with Crippen molar-refractivity contribution in [2.75, 3.05) is 13.1 Å². The maximum absolute atomic E-state index is 11.3. The van der Waals surface area contributed by atoms with Crippen LogP contribution in [0.15, 0.2) is 21.7 Å². The minimum atomic E-state index is -0.233. The van der Waals surface area contributed by atoms with E-state index in [4.69, 9.17) is 0 Å². The molecule has 5 heteroatoms. The summed E-state index contributed by atoms with van der Waals surface area (Å²) < 4.78 is 1.35. The third-order valence-corrected chi connectivity index (χ3v) is 2.43. The molecule has 14 heavy (non-hydrogen) atoms. The first-order valence-corrected chi connectivity index (χ1v) is 4.78. The van der Waals surface area contributed by atoms with Crippen LogP contribution < -0.4 is 11.1 Å². The van der Waals surface area contributed by atoms with Gasteiger partial charge in [-0.2, -0.15) is 0 Å². The van der Waals surface area contributed by atoms with Crippen LogP contribution in [0.4, 0.5) is 0 Å². The molecule has 1 N–H and O–H groups in total. The van der Waals surface area contributed by atoms with Gasteiger partial charge in [-0.25, -0.2) is 4.68 Å². The van der Waals surface area contributed by atoms with Crippen LogP contribution in [-0.4, -0.2) is 27.8 Å². The molecule has 76 valence electrons. The molecular weight excluding hydrogens is 182 g/mol. The standard InChI is InChI=1S/C9H13N3O2/c13-8-3-4-9(14)12(10-8)7-11-5-1-2-6-11/h3-4H,1-2,5-7H2,(H,10,13). The van der Waals surface area contributed by atoms with E-state index < -0.39 is 0 Å². The van der Waals surface area contributed by atoms with Gasteiger partial charge >= 0.3 is 0 Å². The number of aromatic nitrogens is 2. The van der Waals surface area contributed by atoms with Crippen molar-refractivity contribution in [3.05, 3.63) is 32.8 Å². The van der Waals surface area contributed by atoms with Gasteiger partial charge < -0.3 is 0 Å². The van der Waals surface area contributed by atoms with Gasteiger partial charge in [0.15, 0.2) is 0 Å². The van der Waals surface area contributed by atoms with Gasteiger partial charge in [0.1, 0.15) is 0 Å². The first kappa shape index (κ1) is 9.21. The number of likely N-dealkylation sites (tertiary alicyclic amines) is 1. The van der Waals surface area contributed by atoms with E-state index in [9.17, 15) is 9.59 Å². The fourth-order valence-electron chi connectivity index (χ4n) is 1.69. The van der Waals surface area contributed by atoms with Crippen LogP contribution in [0.5, 0.6) is 0 Å². The Bertz CT molecular complexity index is 415. The van der Waals surface area contributed by atoms with E-state index in [0.29, 0.717) is 6.67 Å². The minimum Gasteiger partial charge on any atom is -0.284 e. The van der Waals surface area contributed by atoms with Gasteiger partial charge in [-0.15, -0.1) is 0 Å². The SMILES string of the molecule is O=c1ccc(=O)n(CN2CCCC2)[nH]1. The van der Waals surface area contributed by atoms with Crippen LogP contribution in [0, 0.1) is 0 Å². The van der Waals surface area contributed by atoms with Gasteiger partial charge in [0.05, 0.1) is 6.67 Å². The summed E-state index contributed by atoms with van der Waals surface area (Å²) in [7, 11) is 0. The predicted octanol–water partition coefficient (Wildman–Crippen LogP) is -0.410. The molecule has 1 aromatic rings. The fraction of sp³-hybridized carbons (Fsp3) is 0.556. The average molecular weight is 195 g/mol. The Morgan fingerprint density at radius 1 is 1.21 bits per heavy atom. The lowest BCUT2D eigenvalue weighted by molar-refractivity contribution is 0.247. The van der Waals surface area contributed by atoms with Crippen molar-refractivity contribution in [1.29, 1.82) is 0 Å². The molecule has 0 unspecified atom stereocenters. The van der Waals surface area contributed by atoms with Gasteiger partial charge in [0.25, 0.3) is 11.1 Å². The lowest BCUT2D eigenvalue weighted by atomic mass is 10.4. The van der Waals surface area contributed by atoms with Crippen molar-refractivity contribution in [1.82, 2.24) is 14.7 Å². The summed E-state index contributed by atoms with van der Waals surface area (Å²) in [5, 5.41) is 2.51. The normalized spacial score (nSPS) is 17.4. The molecule has 1 aliphatic heterocycles. The Hall–Kier alpha value is -1.36. The summed E-state index contributed by atoms with van der Waals surface area (Å²) in [6, 6.07) is 2.55. The Kier molecular flexibility index (Phi) is 2.49. The van der Waals surface area contributed by atoms with Crippen LogP contribution in [0.2, 0.25) is 0 Å². The number of hydrogen-bond donors (Lipinski definition) is 1. The second-order valence-electron chi connectivity index (χ2n) is 3.54. The lowest BCUT2D eigenvalue weighted by Crippen LogP contribution is -2.34. The lowest BCUT2D eigenvalue weighted by Gasteiger charge is -2.15. The molecule has 0 aliphatic carbocycles. The maximum atomic E-state index is 11.3. The van der Waals surface area contributed by atoms with Crippen molar-refractivity contribution in [3.63, 3.8) is 0 Å². The van der Waals surface area contributed by atoms with Gasteiger partial charge in [-0.3, -0.25) is 19.6 Å². The smallest absolute Gasteiger partial charge is 0.266 e. The van der Waals surface area contributed by atoms with Gasteiger partial charge in [-0.1, -0.05) is 0 Å². The zero-order chi connectivity index (χ0) is 9.97. The maximum Gasteiger partial charge on any atom is 0.266 e. The Balaban J connectivity index is 2.19. The molecule has 0 amide bonds. The summed E-state index contributed by atoms with van der Waals surface area (Å²) in [4.78, 5) is 24.5. The second kappa shape index (κ2) is 3.79. The molecule has 2 rings (SSSR count). The highest BCUT2D eigenvalue weighted by atomic mass is 16.2. The molecule has 2 heterocycles. The van der Waals surface area contributed by atoms with Crippen molar-refractivity contribution < 1.29 is 0 Å². The molecule has 0 saturated carbocycles. The zero-order valence-corrected chi connectivity index (χ0v) is 7.90. The summed E-state index contributed by atoms with van der Waals surface area (Å²) >= 11 is 0. The molecule has 1 aliphatic rings. The Morgan fingerprint density at radius 2 is 1.93 bits per heavy atom. The van der Waals surface area contributed by atoms with Crippen LogP contribution in [-0.2, 0) is 6.67 Å². The Labute approximate surface area is 81.0 Å². The molecule has 1 fully saturated rings. The quantitative estimate of drug-likeness (QED) is 0.698. The van der Waals surface area contributed by atoms with E-state index >= 15 is 0 Å². The number of hydrogen-bond acceptors (Lipinski definition) is 3. The van der Waals surface area contributed by atoms with Crippen LogP contribution in [0.25, 0.3) is 0 Å². The third-order valence-electron chi connectivity index (χ3n) is 2.43. The van der Waals surface area contributed by atoms with E-state index in [1.165, 1.54) is 29.7 Å². The number of nitrogens with zero attached hydrogens (tertiary/aromatic N) is 2. The van der Waals surface area contributed by atoms with E-state index in [0.717, 1.165) is 13.1 Å². The second-order valence-corrected chi connectivity index (χ2v) is 3.54. The van der Waals surface area contributed by atoms with E-state index in [2.05, 4.69) is 10.00 Å². The summed E-state index contributed by atoms with van der Waals surface area (Å²) in [6.07, 6.45) is 2.34. The van der Waals surface area contributed by atoms with Crippen molar-refractivity contribution in [2.45, 2.75) is 19.5 Å². The molecule has 0 radical (unpaired) electrons. The monoisotopic (exact) mass is 195 g/mol. The highest BCUT2D eigenvalue weighted by molar-refractivity contribution is 4.85. The minimum absolute atomic E-state index is 0.156. The van der Waals surface area contributed by atoms with Crippen LogP contribution in [0.1, 0.15) is 12.8 Å². The first-order valence-electron chi connectivity index (χ1n) is 4.78. The Morgan fingerprint density at radius 3 is 2.64 bits per heavy atom. The zero-order valence-electron chi connectivity index (χ0n) is 7.90. The third kappa shape index (κ3) is 1.93. The summed E-state index contributed by atoms with van der Waals surface area (Å²) in [6.45, 7) is 2.50. The van der Waals surface area contributed by atoms with Crippen molar-refractivity contribution in [3.8, 4) is 0 Å². The molecule has 5 nitrogen and oxygen atoms in total. The first-order chi connectivity index (χ1) is 6.75. The molecule has 0 aromatic carbocycles. The van der Waals surface area contributed by atoms with Gasteiger partial charge in [0.2, 0.25) is 0 Å². The molecule has 0 bridgehead atoms. The van der Waals surface area contributed by atoms with E-state index in [1.807, 2.05) is 0 Å². The predicted molar refractivity (Wildman–Crippen MR) is 52.1 cm³/mol. The number of nitrogens with one attached hydrogen (secondary N) is 1. The molecule has 0 spiro atoms. The van der Waals surface area contributed by atoms with E-state index in [1.54, 1.807) is 0 Å². The molecule has 0 atom stereocenters. The highest BCUT2D eigenvalue weighted by Gasteiger charge is 2.11. The summed E-state index contributed by atoms with van der Waals surface area (Å²) in [5.41, 5.74) is -0.389. The molecular formula is C9H13N3O2. The number of aromatic amines is 1. The van der Waals surface area contributed by atoms with Crippen molar-refractivity contribution >= 4 is 0 Å². The fourth-order valence-corrected chi connectivity index (χ4v) is 1.69. The average Bonchev–Trinajstić information content (AvgIpc) is 2.64. The largest absolute Gasteiger partial charge is 0.284 e. The van der Waals surface area contributed by atoms with Crippen molar-refractivity contribution in [2.24, 2.45) is 0 Å². The van der Waals surface area contributed by atoms with Crippen LogP contribution in [0.3, 0.4) is 0 Å². The molecule has 1 saturated heterocycles. The van der Waals surface area contributed by atoms with Gasteiger partial charge in [0, 0.05) is 12.1 Å². The number of H-pyrrole nitrogens is 1. The topological polar surface area (TPSA) is 58.1 Å².